The van der Waals surface area contributed by atoms with Crippen molar-refractivity contribution < 1.29 is 35.1 Å². The zero-order chi connectivity index (χ0) is 28.4. The summed E-state index contributed by atoms with van der Waals surface area (Å²) in [5.41, 5.74) is 5.45. The number of primary amides is 1. The lowest BCUT2D eigenvalue weighted by atomic mass is 10.2. The van der Waals surface area contributed by atoms with Crippen LogP contribution in [0.25, 0.3) is 0 Å². The van der Waals surface area contributed by atoms with Crippen molar-refractivity contribution in [2.45, 2.75) is 10.9 Å². The van der Waals surface area contributed by atoms with Crippen molar-refractivity contribution in [1.29, 1.82) is 0 Å². The second-order valence-corrected chi connectivity index (χ2v) is 13.5. The van der Waals surface area contributed by atoms with Crippen molar-refractivity contribution in [1.82, 2.24) is 18.8 Å². The normalized spacial score (nSPS) is 20.1. The van der Waals surface area contributed by atoms with Crippen LogP contribution in [-0.2, 0) is 24.8 Å². The Kier molecular flexibility index (Phi) is 9.10. The fraction of sp³-hybridized carbons (Fsp3) is 0.435. The Balaban J connectivity index is 1.51. The first-order valence-electron chi connectivity index (χ1n) is 12.0. The highest BCUT2D eigenvalue weighted by Crippen LogP contribution is 2.32. The Morgan fingerprint density at radius 2 is 1.64 bits per heavy atom. The quantitative estimate of drug-likeness (QED) is 0.426. The van der Waals surface area contributed by atoms with E-state index in [0.29, 0.717) is 34.6 Å². The van der Waals surface area contributed by atoms with Crippen LogP contribution >= 0.6 is 11.6 Å². The summed E-state index contributed by atoms with van der Waals surface area (Å²) in [7, 11) is -8.49. The molecule has 2 aliphatic rings. The molecule has 0 unspecified atom stereocenters. The minimum atomic E-state index is -4.65. The van der Waals surface area contributed by atoms with Gasteiger partial charge < -0.3 is 15.8 Å². The smallest absolute Gasteiger partial charge is 0.244 e. The van der Waals surface area contributed by atoms with Crippen LogP contribution in [0.15, 0.2) is 41.3 Å². The lowest BCUT2D eigenvalue weighted by Gasteiger charge is -2.38. The number of hydrogen-bond acceptors (Lipinski definition) is 8. The number of rotatable bonds is 9. The predicted molar refractivity (Wildman–Crippen MR) is 139 cm³/mol. The molecule has 4 rings (SSSR count). The first-order valence-corrected chi connectivity index (χ1v) is 15.5. The Hall–Kier alpha value is -2.40. The maximum Gasteiger partial charge on any atom is 0.244 e. The molecule has 2 aromatic rings. The fourth-order valence-electron chi connectivity index (χ4n) is 4.36. The molecule has 3 N–H and O–H groups in total. The van der Waals surface area contributed by atoms with Gasteiger partial charge in [-0.3, -0.25) is 9.69 Å². The summed E-state index contributed by atoms with van der Waals surface area (Å²) in [6, 6.07) is 5.20. The van der Waals surface area contributed by atoms with Gasteiger partial charge in [0, 0.05) is 57.4 Å². The van der Waals surface area contributed by atoms with Gasteiger partial charge in [-0.05, 0) is 36.4 Å². The molecule has 2 fully saturated rings. The van der Waals surface area contributed by atoms with Crippen LogP contribution in [0.3, 0.4) is 0 Å². The number of carbonyl (C=O) groups is 1. The molecule has 2 saturated heterocycles. The number of nitrogens with one attached hydrogen (secondary N) is 1. The molecule has 0 radical (unpaired) electrons. The summed E-state index contributed by atoms with van der Waals surface area (Å²) in [4.78, 5) is 13.5. The van der Waals surface area contributed by atoms with Gasteiger partial charge in [-0.25, -0.2) is 25.6 Å². The predicted octanol–water partition coefficient (Wildman–Crippen LogP) is 0.806. The number of carbonyl (C=O) groups excluding carboxylic acids is 1. The summed E-state index contributed by atoms with van der Waals surface area (Å²) >= 11 is 5.79. The fourth-order valence-corrected chi connectivity index (χ4v) is 7.57. The van der Waals surface area contributed by atoms with Gasteiger partial charge in [-0.15, -0.1) is 0 Å². The maximum atomic E-state index is 14.8. The molecule has 2 heterocycles. The highest BCUT2D eigenvalue weighted by molar-refractivity contribution is 7.89. The van der Waals surface area contributed by atoms with E-state index in [9.17, 15) is 30.4 Å². The second kappa shape index (κ2) is 12.0. The molecule has 0 spiro atoms. The number of amides is 1. The van der Waals surface area contributed by atoms with Crippen LogP contribution in [-0.4, -0.2) is 100 Å². The summed E-state index contributed by atoms with van der Waals surface area (Å²) in [5.74, 6) is -4.67. The molecule has 2 aliphatic heterocycles. The third-order valence-electron chi connectivity index (χ3n) is 6.50. The summed E-state index contributed by atoms with van der Waals surface area (Å²) in [5, 5.41) is 3.55. The molecule has 0 aromatic heterocycles. The van der Waals surface area contributed by atoms with Crippen LogP contribution in [0.1, 0.15) is 0 Å². The molecule has 1 amide bonds. The van der Waals surface area contributed by atoms with Crippen molar-refractivity contribution in [2.75, 3.05) is 58.1 Å². The van der Waals surface area contributed by atoms with Crippen molar-refractivity contribution >= 4 is 37.6 Å². The molecular formula is C23H28ClF2N5O6S2. The van der Waals surface area contributed by atoms with Gasteiger partial charge in [-0.1, -0.05) is 11.6 Å². The van der Waals surface area contributed by atoms with Gasteiger partial charge in [0.1, 0.15) is 11.8 Å². The molecule has 0 bridgehead atoms. The maximum absolute atomic E-state index is 14.8. The van der Waals surface area contributed by atoms with E-state index in [-0.39, 0.29) is 24.6 Å². The molecule has 1 atom stereocenters. The van der Waals surface area contributed by atoms with E-state index in [4.69, 9.17) is 22.1 Å². The number of benzene rings is 2. The Morgan fingerprint density at radius 1 is 1.03 bits per heavy atom. The minimum Gasteiger partial charge on any atom is -0.451 e. The highest BCUT2D eigenvalue weighted by atomic mass is 35.5. The van der Waals surface area contributed by atoms with Crippen molar-refractivity contribution in [2.24, 2.45) is 5.73 Å². The van der Waals surface area contributed by atoms with Crippen LogP contribution in [0.4, 0.5) is 8.78 Å². The van der Waals surface area contributed by atoms with Gasteiger partial charge in [-0.2, -0.15) is 8.61 Å². The van der Waals surface area contributed by atoms with E-state index in [1.807, 2.05) is 4.90 Å². The number of nitrogens with two attached hydrogens (primary N) is 1. The number of piperazine rings is 2. The SMILES string of the molecule is NC(=O)[C@H]1CN(S(=O)(=O)CCN2CCNCC2)CCN1S(=O)(=O)c1cc(F)c(Oc2ccc(Cl)cc2)c(F)c1. The van der Waals surface area contributed by atoms with E-state index in [1.165, 1.54) is 24.3 Å². The van der Waals surface area contributed by atoms with Crippen molar-refractivity contribution in [3.8, 4) is 11.5 Å². The molecule has 214 valence electrons. The molecule has 0 aliphatic carbocycles. The lowest BCUT2D eigenvalue weighted by Crippen LogP contribution is -2.61. The molecule has 0 saturated carbocycles. The molecule has 11 nitrogen and oxygen atoms in total. The number of sulfonamides is 2. The van der Waals surface area contributed by atoms with Crippen molar-refractivity contribution in [3.05, 3.63) is 53.1 Å². The van der Waals surface area contributed by atoms with Crippen LogP contribution in [0.2, 0.25) is 5.02 Å². The van der Waals surface area contributed by atoms with E-state index < -0.39 is 67.4 Å². The number of halogens is 3. The van der Waals surface area contributed by atoms with Crippen LogP contribution in [0.5, 0.6) is 11.5 Å². The van der Waals surface area contributed by atoms with E-state index in [1.54, 1.807) is 0 Å². The third kappa shape index (κ3) is 6.85. The largest absolute Gasteiger partial charge is 0.451 e. The summed E-state index contributed by atoms with van der Waals surface area (Å²) in [6.07, 6.45) is 0. The highest BCUT2D eigenvalue weighted by Gasteiger charge is 2.42. The number of nitrogens with zero attached hydrogens (tertiary/aromatic N) is 3. The first-order chi connectivity index (χ1) is 18.4. The summed E-state index contributed by atoms with van der Waals surface area (Å²) < 4.78 is 89.2. The Morgan fingerprint density at radius 3 is 2.23 bits per heavy atom. The second-order valence-electron chi connectivity index (χ2n) is 9.07. The third-order valence-corrected chi connectivity index (χ3v) is 10.5. The monoisotopic (exact) mass is 607 g/mol. The van der Waals surface area contributed by atoms with Crippen molar-refractivity contribution in [3.63, 3.8) is 0 Å². The number of ether oxygens (including phenoxy) is 1. The molecular weight excluding hydrogens is 580 g/mol. The minimum absolute atomic E-state index is 0.0656. The van der Waals surface area contributed by atoms with Gasteiger partial charge in [0.05, 0.1) is 10.6 Å². The average Bonchev–Trinajstić information content (AvgIpc) is 2.90. The van der Waals surface area contributed by atoms with Gasteiger partial charge >= 0.3 is 0 Å². The molecule has 16 heteroatoms. The zero-order valence-electron chi connectivity index (χ0n) is 20.7. The van der Waals surface area contributed by atoms with E-state index in [2.05, 4.69) is 5.32 Å². The average molecular weight is 608 g/mol. The molecule has 2 aromatic carbocycles. The zero-order valence-corrected chi connectivity index (χ0v) is 23.1. The van der Waals surface area contributed by atoms with Crippen LogP contribution < -0.4 is 15.8 Å². The summed E-state index contributed by atoms with van der Waals surface area (Å²) in [6.45, 7) is 1.97. The van der Waals surface area contributed by atoms with Gasteiger partial charge in [0.2, 0.25) is 26.0 Å². The first kappa shape index (κ1) is 29.6. The topological polar surface area (TPSA) is 142 Å². The van der Waals surface area contributed by atoms with E-state index in [0.717, 1.165) is 17.4 Å². The lowest BCUT2D eigenvalue weighted by molar-refractivity contribution is -0.122. The standard InChI is InChI=1S/C23H28ClF2N5O6S2/c24-16-1-3-17(4-2-16)37-22-19(25)13-18(14-20(22)26)39(35,36)31-10-9-30(15-21(31)23(27)32)38(33,34)12-11-29-7-5-28-6-8-29/h1-4,13-14,21,28H,5-12,15H2,(H2,27,32)/t21-/m1/s1. The molecule has 39 heavy (non-hydrogen) atoms. The Labute approximate surface area is 230 Å². The van der Waals surface area contributed by atoms with E-state index >= 15 is 0 Å². The van der Waals surface area contributed by atoms with Crippen LogP contribution in [0, 0.1) is 11.6 Å². The number of hydrogen-bond donors (Lipinski definition) is 2. The van der Waals surface area contributed by atoms with Gasteiger partial charge in [0.15, 0.2) is 17.4 Å². The van der Waals surface area contributed by atoms with Gasteiger partial charge in [0.25, 0.3) is 0 Å². The Bertz CT molecular complexity index is 1400.